The van der Waals surface area contributed by atoms with Gasteiger partial charge in [0, 0.05) is 25.1 Å². The van der Waals surface area contributed by atoms with Crippen LogP contribution in [0.1, 0.15) is 40.3 Å². The van der Waals surface area contributed by atoms with Crippen LogP contribution in [0.4, 0.5) is 0 Å². The molecule has 1 amide bonds. The highest BCUT2D eigenvalue weighted by molar-refractivity contribution is 7.89. The number of benzene rings is 2. The van der Waals surface area contributed by atoms with E-state index in [0.29, 0.717) is 23.5 Å². The number of methoxy groups -OCH3 is 2. The molecular formula is C23H25N3O6S. The Hall–Kier alpha value is -3.37. The van der Waals surface area contributed by atoms with Crippen molar-refractivity contribution in [2.24, 2.45) is 0 Å². The Kier molecular flexibility index (Phi) is 6.39. The van der Waals surface area contributed by atoms with Crippen LogP contribution < -0.4 is 14.8 Å². The first-order valence-electron chi connectivity index (χ1n) is 10.4. The maximum Gasteiger partial charge on any atom is 0.274 e. The summed E-state index contributed by atoms with van der Waals surface area (Å²) in [6.07, 6.45) is 0.332. The Morgan fingerprint density at radius 2 is 1.67 bits per heavy atom. The molecule has 3 aromatic rings. The first-order chi connectivity index (χ1) is 15.8. The van der Waals surface area contributed by atoms with Gasteiger partial charge in [0.15, 0.2) is 5.69 Å². The third kappa shape index (κ3) is 4.57. The molecule has 1 atom stereocenters. The molecule has 0 bridgehead atoms. The Balaban J connectivity index is 1.51. The van der Waals surface area contributed by atoms with Gasteiger partial charge in [-0.05, 0) is 48.9 Å². The van der Waals surface area contributed by atoms with Gasteiger partial charge in [-0.25, -0.2) is 8.42 Å². The molecule has 1 unspecified atom stereocenters. The standard InChI is InChI=1S/C23H25N3O6S/c1-15(16-4-6-17(30-2)7-5-16)24-23(27)22-20-14-26(13-12-21(20)32-25-22)33(28,29)19-10-8-18(31-3)9-11-19/h4-11,15H,12-14H2,1-3H3,(H,24,27). The highest BCUT2D eigenvalue weighted by Crippen LogP contribution is 2.28. The first kappa shape index (κ1) is 22.8. The SMILES string of the molecule is COc1ccc(C(C)NC(=O)c2noc3c2CN(S(=O)(=O)c2ccc(OC)cc2)CC3)cc1. The van der Waals surface area contributed by atoms with Gasteiger partial charge in [0.2, 0.25) is 10.0 Å². The molecule has 0 radical (unpaired) electrons. The molecule has 174 valence electrons. The number of nitrogens with zero attached hydrogens (tertiary/aromatic N) is 2. The van der Waals surface area contributed by atoms with Gasteiger partial charge in [-0.1, -0.05) is 17.3 Å². The fourth-order valence-electron chi connectivity index (χ4n) is 3.71. The van der Waals surface area contributed by atoms with Crippen molar-refractivity contribution in [3.63, 3.8) is 0 Å². The molecule has 4 rings (SSSR count). The zero-order valence-electron chi connectivity index (χ0n) is 18.6. The number of carbonyl (C=O) groups is 1. The molecular weight excluding hydrogens is 446 g/mol. The van der Waals surface area contributed by atoms with E-state index in [0.717, 1.165) is 11.3 Å². The van der Waals surface area contributed by atoms with E-state index >= 15 is 0 Å². The Morgan fingerprint density at radius 1 is 1.06 bits per heavy atom. The van der Waals surface area contributed by atoms with Crippen molar-refractivity contribution in [1.29, 1.82) is 0 Å². The Labute approximate surface area is 192 Å². The molecule has 1 aliphatic heterocycles. The number of fused-ring (bicyclic) bond motifs is 1. The average Bonchev–Trinajstić information content (AvgIpc) is 3.27. The number of carbonyl (C=O) groups excluding carboxylic acids is 1. The average molecular weight is 472 g/mol. The van der Waals surface area contributed by atoms with Crippen LogP contribution in [0.5, 0.6) is 11.5 Å². The Morgan fingerprint density at radius 3 is 2.27 bits per heavy atom. The summed E-state index contributed by atoms with van der Waals surface area (Å²) in [4.78, 5) is 13.1. The lowest BCUT2D eigenvalue weighted by Crippen LogP contribution is -2.37. The van der Waals surface area contributed by atoms with Crippen LogP contribution >= 0.6 is 0 Å². The van der Waals surface area contributed by atoms with E-state index in [4.69, 9.17) is 14.0 Å². The Bertz CT molecular complexity index is 1240. The van der Waals surface area contributed by atoms with E-state index in [2.05, 4.69) is 10.5 Å². The minimum Gasteiger partial charge on any atom is -0.497 e. The normalized spacial score (nSPS) is 14.9. The fourth-order valence-corrected chi connectivity index (χ4v) is 5.11. The largest absolute Gasteiger partial charge is 0.497 e. The molecule has 1 aromatic heterocycles. The van der Waals surface area contributed by atoms with E-state index in [-0.39, 0.29) is 29.7 Å². The number of aromatic nitrogens is 1. The maximum atomic E-state index is 13.1. The molecule has 1 aliphatic rings. The second-order valence-corrected chi connectivity index (χ2v) is 9.60. The highest BCUT2D eigenvalue weighted by Gasteiger charge is 2.34. The van der Waals surface area contributed by atoms with Crippen molar-refractivity contribution in [3.8, 4) is 11.5 Å². The number of sulfonamides is 1. The van der Waals surface area contributed by atoms with E-state index in [1.54, 1.807) is 19.2 Å². The summed E-state index contributed by atoms with van der Waals surface area (Å²) in [6, 6.07) is 13.3. The van der Waals surface area contributed by atoms with Crippen LogP contribution in [0.25, 0.3) is 0 Å². The topological polar surface area (TPSA) is 111 Å². The molecule has 0 aliphatic carbocycles. The predicted molar refractivity (Wildman–Crippen MR) is 120 cm³/mol. The predicted octanol–water partition coefficient (Wildman–Crippen LogP) is 2.93. The molecule has 0 saturated heterocycles. The molecule has 0 spiro atoms. The fraction of sp³-hybridized carbons (Fsp3) is 0.304. The van der Waals surface area contributed by atoms with Crippen molar-refractivity contribution in [3.05, 3.63) is 71.1 Å². The molecule has 10 heteroatoms. The van der Waals surface area contributed by atoms with Crippen molar-refractivity contribution in [1.82, 2.24) is 14.8 Å². The number of ether oxygens (including phenoxy) is 2. The monoisotopic (exact) mass is 471 g/mol. The molecule has 33 heavy (non-hydrogen) atoms. The van der Waals surface area contributed by atoms with Crippen LogP contribution in [0.3, 0.4) is 0 Å². The summed E-state index contributed by atoms with van der Waals surface area (Å²) < 4.78 is 43.2. The minimum absolute atomic E-state index is 0.00681. The molecule has 0 fully saturated rings. The molecule has 2 aromatic carbocycles. The van der Waals surface area contributed by atoms with Gasteiger partial charge in [-0.15, -0.1) is 0 Å². The van der Waals surface area contributed by atoms with Crippen LogP contribution in [0.2, 0.25) is 0 Å². The number of rotatable bonds is 7. The molecule has 0 saturated carbocycles. The maximum absolute atomic E-state index is 13.1. The lowest BCUT2D eigenvalue weighted by Gasteiger charge is -2.25. The van der Waals surface area contributed by atoms with Crippen molar-refractivity contribution >= 4 is 15.9 Å². The second-order valence-electron chi connectivity index (χ2n) is 7.67. The number of hydrogen-bond donors (Lipinski definition) is 1. The quantitative estimate of drug-likeness (QED) is 0.564. The summed E-state index contributed by atoms with van der Waals surface area (Å²) in [5.74, 6) is 1.39. The molecule has 1 N–H and O–H groups in total. The second kappa shape index (κ2) is 9.24. The summed E-state index contributed by atoms with van der Waals surface area (Å²) in [5, 5.41) is 6.84. The van der Waals surface area contributed by atoms with E-state index in [1.807, 2.05) is 31.2 Å². The van der Waals surface area contributed by atoms with Crippen LogP contribution in [0, 0.1) is 0 Å². The lowest BCUT2D eigenvalue weighted by molar-refractivity contribution is 0.0929. The minimum atomic E-state index is -3.76. The van der Waals surface area contributed by atoms with Crippen molar-refractivity contribution in [2.45, 2.75) is 30.8 Å². The van der Waals surface area contributed by atoms with Crippen LogP contribution in [0.15, 0.2) is 57.9 Å². The van der Waals surface area contributed by atoms with Gasteiger partial charge in [0.05, 0.1) is 25.2 Å². The number of nitrogens with one attached hydrogen (secondary N) is 1. The van der Waals surface area contributed by atoms with E-state index in [9.17, 15) is 13.2 Å². The zero-order valence-corrected chi connectivity index (χ0v) is 19.4. The van der Waals surface area contributed by atoms with Gasteiger partial charge in [0.1, 0.15) is 17.3 Å². The first-order valence-corrected chi connectivity index (χ1v) is 11.8. The summed E-state index contributed by atoms with van der Waals surface area (Å²) >= 11 is 0. The lowest BCUT2D eigenvalue weighted by atomic mass is 10.1. The zero-order chi connectivity index (χ0) is 23.6. The van der Waals surface area contributed by atoms with Crippen LogP contribution in [-0.2, 0) is 23.0 Å². The van der Waals surface area contributed by atoms with E-state index in [1.165, 1.54) is 23.5 Å². The molecule has 2 heterocycles. The third-order valence-electron chi connectivity index (χ3n) is 5.67. The van der Waals surface area contributed by atoms with Gasteiger partial charge in [-0.3, -0.25) is 4.79 Å². The van der Waals surface area contributed by atoms with Gasteiger partial charge >= 0.3 is 0 Å². The van der Waals surface area contributed by atoms with Gasteiger partial charge in [-0.2, -0.15) is 4.31 Å². The highest BCUT2D eigenvalue weighted by atomic mass is 32.2. The molecule has 9 nitrogen and oxygen atoms in total. The van der Waals surface area contributed by atoms with Gasteiger partial charge in [0.25, 0.3) is 5.91 Å². The van der Waals surface area contributed by atoms with Crippen molar-refractivity contribution in [2.75, 3.05) is 20.8 Å². The smallest absolute Gasteiger partial charge is 0.274 e. The number of hydrogen-bond acceptors (Lipinski definition) is 7. The van der Waals surface area contributed by atoms with Gasteiger partial charge < -0.3 is 19.3 Å². The van der Waals surface area contributed by atoms with Crippen molar-refractivity contribution < 1.29 is 27.2 Å². The number of amides is 1. The van der Waals surface area contributed by atoms with E-state index < -0.39 is 15.9 Å². The van der Waals surface area contributed by atoms with Crippen LogP contribution in [-0.4, -0.2) is 44.6 Å². The third-order valence-corrected chi connectivity index (χ3v) is 7.53. The summed E-state index contributed by atoms with van der Waals surface area (Å²) in [7, 11) is -0.651. The summed E-state index contributed by atoms with van der Waals surface area (Å²) in [6.45, 7) is 2.10. The summed E-state index contributed by atoms with van der Waals surface area (Å²) in [5.41, 5.74) is 1.47.